The summed E-state index contributed by atoms with van der Waals surface area (Å²) in [7, 11) is 0. The number of nitrogens with one attached hydrogen (secondary N) is 1. The minimum atomic E-state index is 0.618. The van der Waals surface area contributed by atoms with Gasteiger partial charge in [-0.25, -0.2) is 4.98 Å². The average Bonchev–Trinajstić information content (AvgIpc) is 3.05. The molecule has 0 bridgehead atoms. The quantitative estimate of drug-likeness (QED) is 0.904. The summed E-state index contributed by atoms with van der Waals surface area (Å²) in [6, 6.07) is 1.98. The fourth-order valence-electron chi connectivity index (χ4n) is 4.05. The fourth-order valence-corrected chi connectivity index (χ4v) is 4.05. The molecule has 5 atom stereocenters. The van der Waals surface area contributed by atoms with Crippen molar-refractivity contribution in [2.24, 2.45) is 11.8 Å². The Morgan fingerprint density at radius 2 is 1.84 bits per heavy atom. The maximum atomic E-state index is 4.21. The maximum Gasteiger partial charge on any atom is 0.0949 e. The van der Waals surface area contributed by atoms with Gasteiger partial charge in [0.1, 0.15) is 0 Å². The first-order valence-corrected chi connectivity index (χ1v) is 7.99. The molecule has 19 heavy (non-hydrogen) atoms. The number of aromatic nitrogens is 2. The first-order valence-electron chi connectivity index (χ1n) is 7.99. The van der Waals surface area contributed by atoms with Gasteiger partial charge in [0.25, 0.3) is 0 Å². The molecule has 1 N–H and O–H groups in total. The molecule has 0 amide bonds. The summed E-state index contributed by atoms with van der Waals surface area (Å²) in [6.07, 6.45) is 14.1. The zero-order chi connectivity index (χ0) is 13.2. The first-order chi connectivity index (χ1) is 9.25. The van der Waals surface area contributed by atoms with Crippen LogP contribution in [0.15, 0.2) is 18.7 Å². The normalized spacial score (nSPS) is 39.6. The van der Waals surface area contributed by atoms with Crippen LogP contribution in [-0.4, -0.2) is 21.6 Å². The van der Waals surface area contributed by atoms with Crippen molar-refractivity contribution >= 4 is 0 Å². The lowest BCUT2D eigenvalue weighted by Gasteiger charge is -2.38. The van der Waals surface area contributed by atoms with Gasteiger partial charge in [-0.05, 0) is 37.5 Å². The Morgan fingerprint density at radius 1 is 1.05 bits per heavy atom. The highest BCUT2D eigenvalue weighted by molar-refractivity contribution is 4.94. The molecule has 0 aromatic carbocycles. The summed E-state index contributed by atoms with van der Waals surface area (Å²) in [5.41, 5.74) is 0. The molecule has 3 nitrogen and oxygen atoms in total. The van der Waals surface area contributed by atoms with Crippen molar-refractivity contribution in [1.82, 2.24) is 14.9 Å². The third-order valence-corrected chi connectivity index (χ3v) is 5.52. The molecule has 2 fully saturated rings. The van der Waals surface area contributed by atoms with Crippen LogP contribution in [-0.2, 0) is 0 Å². The van der Waals surface area contributed by atoms with E-state index in [0.717, 1.165) is 17.9 Å². The van der Waals surface area contributed by atoms with Gasteiger partial charge in [0.15, 0.2) is 0 Å². The van der Waals surface area contributed by atoms with Gasteiger partial charge in [0.05, 0.1) is 6.33 Å². The first kappa shape index (κ1) is 13.2. The number of hydrogen-bond donors (Lipinski definition) is 1. The largest absolute Gasteiger partial charge is 0.333 e. The topological polar surface area (TPSA) is 29.9 Å². The average molecular weight is 261 g/mol. The van der Waals surface area contributed by atoms with E-state index in [2.05, 4.69) is 34.9 Å². The van der Waals surface area contributed by atoms with Crippen LogP contribution in [0, 0.1) is 11.8 Å². The lowest BCUT2D eigenvalue weighted by Crippen LogP contribution is -2.47. The highest BCUT2D eigenvalue weighted by Crippen LogP contribution is 2.34. The van der Waals surface area contributed by atoms with Gasteiger partial charge in [-0.2, -0.15) is 0 Å². The van der Waals surface area contributed by atoms with E-state index < -0.39 is 0 Å². The lowest BCUT2D eigenvalue weighted by atomic mass is 9.77. The molecule has 5 unspecified atom stereocenters. The summed E-state index contributed by atoms with van der Waals surface area (Å²) >= 11 is 0. The van der Waals surface area contributed by atoms with E-state index in [1.807, 2.05) is 12.5 Å². The summed E-state index contributed by atoms with van der Waals surface area (Å²) in [5, 5.41) is 3.99. The third kappa shape index (κ3) is 2.71. The molecule has 2 aliphatic carbocycles. The molecule has 1 aromatic rings. The van der Waals surface area contributed by atoms with Crippen molar-refractivity contribution < 1.29 is 0 Å². The van der Waals surface area contributed by atoms with Crippen LogP contribution >= 0.6 is 0 Å². The molecule has 2 aliphatic rings. The molecule has 3 heteroatoms. The van der Waals surface area contributed by atoms with Crippen molar-refractivity contribution in [3.05, 3.63) is 18.7 Å². The molecule has 3 rings (SSSR count). The molecular weight excluding hydrogens is 234 g/mol. The molecule has 0 saturated heterocycles. The highest BCUT2D eigenvalue weighted by atomic mass is 15.1. The summed E-state index contributed by atoms with van der Waals surface area (Å²) in [4.78, 5) is 4.21. The fraction of sp³-hybridized carbons (Fsp3) is 0.812. The molecule has 1 heterocycles. The van der Waals surface area contributed by atoms with Gasteiger partial charge >= 0.3 is 0 Å². The zero-order valence-electron chi connectivity index (χ0n) is 12.3. The second-order valence-electron chi connectivity index (χ2n) is 6.66. The van der Waals surface area contributed by atoms with Crippen molar-refractivity contribution in [2.45, 2.75) is 70.5 Å². The van der Waals surface area contributed by atoms with E-state index in [0.29, 0.717) is 12.1 Å². The van der Waals surface area contributed by atoms with Crippen LogP contribution in [0.4, 0.5) is 0 Å². The predicted octanol–water partition coefficient (Wildman–Crippen LogP) is 3.39. The van der Waals surface area contributed by atoms with Crippen LogP contribution in [0.5, 0.6) is 0 Å². The number of nitrogens with zero attached hydrogens (tertiary/aromatic N) is 2. The monoisotopic (exact) mass is 261 g/mol. The van der Waals surface area contributed by atoms with Crippen LogP contribution in [0.25, 0.3) is 0 Å². The van der Waals surface area contributed by atoms with Crippen molar-refractivity contribution in [1.29, 1.82) is 0 Å². The minimum Gasteiger partial charge on any atom is -0.333 e. The van der Waals surface area contributed by atoms with E-state index in [1.165, 1.54) is 38.5 Å². The Morgan fingerprint density at radius 3 is 2.63 bits per heavy atom. The molecule has 0 radical (unpaired) electrons. The van der Waals surface area contributed by atoms with Crippen LogP contribution in [0.1, 0.15) is 58.4 Å². The van der Waals surface area contributed by atoms with Gasteiger partial charge in [0, 0.05) is 30.5 Å². The Labute approximate surface area is 116 Å². The lowest BCUT2D eigenvalue weighted by molar-refractivity contribution is 0.184. The molecule has 1 aromatic heterocycles. The van der Waals surface area contributed by atoms with E-state index in [9.17, 15) is 0 Å². The Hall–Kier alpha value is -0.830. The van der Waals surface area contributed by atoms with Gasteiger partial charge in [-0.1, -0.05) is 26.7 Å². The van der Waals surface area contributed by atoms with Gasteiger partial charge in [-0.15, -0.1) is 0 Å². The highest BCUT2D eigenvalue weighted by Gasteiger charge is 2.33. The van der Waals surface area contributed by atoms with Gasteiger partial charge < -0.3 is 9.88 Å². The smallest absolute Gasteiger partial charge is 0.0949 e. The predicted molar refractivity (Wildman–Crippen MR) is 78.0 cm³/mol. The second-order valence-corrected chi connectivity index (χ2v) is 6.66. The summed E-state index contributed by atoms with van der Waals surface area (Å²) in [6.45, 7) is 4.85. The van der Waals surface area contributed by atoms with Crippen LogP contribution in [0.3, 0.4) is 0 Å². The van der Waals surface area contributed by atoms with Crippen molar-refractivity contribution in [3.63, 3.8) is 0 Å². The Kier molecular flexibility index (Phi) is 3.92. The minimum absolute atomic E-state index is 0.618. The number of hydrogen-bond acceptors (Lipinski definition) is 2. The third-order valence-electron chi connectivity index (χ3n) is 5.52. The molecule has 0 aliphatic heterocycles. The van der Waals surface area contributed by atoms with Crippen molar-refractivity contribution in [2.75, 3.05) is 0 Å². The number of imidazole rings is 1. The molecule has 106 valence electrons. The van der Waals surface area contributed by atoms with E-state index in [-0.39, 0.29) is 0 Å². The standard InChI is InChI=1S/C16H27N3/c1-12-5-3-6-14(13(12)2)18-15-7-4-8-16(15)19-10-9-17-11-19/h9-16,18H,3-8H2,1-2H3. The SMILES string of the molecule is CC1CCCC(NC2CCCC2n2ccnc2)C1C. The second kappa shape index (κ2) is 5.66. The van der Waals surface area contributed by atoms with E-state index >= 15 is 0 Å². The van der Waals surface area contributed by atoms with E-state index in [4.69, 9.17) is 0 Å². The summed E-state index contributed by atoms with van der Waals surface area (Å²) < 4.78 is 2.31. The molecular formula is C16H27N3. The Bertz CT molecular complexity index is 387. The molecule has 0 spiro atoms. The zero-order valence-corrected chi connectivity index (χ0v) is 12.3. The van der Waals surface area contributed by atoms with Crippen molar-refractivity contribution in [3.8, 4) is 0 Å². The van der Waals surface area contributed by atoms with Gasteiger partial charge in [-0.3, -0.25) is 0 Å². The van der Waals surface area contributed by atoms with E-state index in [1.54, 1.807) is 0 Å². The number of rotatable bonds is 3. The Balaban J connectivity index is 1.65. The maximum absolute atomic E-state index is 4.21. The van der Waals surface area contributed by atoms with Crippen LogP contribution < -0.4 is 5.32 Å². The molecule has 2 saturated carbocycles. The van der Waals surface area contributed by atoms with Crippen LogP contribution in [0.2, 0.25) is 0 Å². The van der Waals surface area contributed by atoms with Gasteiger partial charge in [0.2, 0.25) is 0 Å². The summed E-state index contributed by atoms with van der Waals surface area (Å²) in [5.74, 6) is 1.69.